The van der Waals surface area contributed by atoms with Crippen molar-refractivity contribution in [3.63, 3.8) is 0 Å². The van der Waals surface area contributed by atoms with Crippen LogP contribution in [0, 0.1) is 0 Å². The lowest BCUT2D eigenvalue weighted by Crippen LogP contribution is -2.06. The van der Waals surface area contributed by atoms with E-state index in [2.05, 4.69) is 27.0 Å². The maximum absolute atomic E-state index is 11.1. The van der Waals surface area contributed by atoms with Crippen LogP contribution in [-0.2, 0) is 19.1 Å². The second kappa shape index (κ2) is 21.5. The molecule has 0 aromatic heterocycles. The Hall–Kier alpha value is -1.58. The lowest BCUT2D eigenvalue weighted by atomic mass is 10.1. The third-order valence-corrected chi connectivity index (χ3v) is 3.81. The largest absolute Gasteiger partial charge is 0.463 e. The summed E-state index contributed by atoms with van der Waals surface area (Å²) in [5.74, 6) is -0.549. The Morgan fingerprint density at radius 1 is 0.808 bits per heavy atom. The minimum absolute atomic E-state index is 0.237. The van der Waals surface area contributed by atoms with Crippen molar-refractivity contribution in [2.75, 3.05) is 13.2 Å². The number of hydrogen-bond donors (Lipinski definition) is 0. The second-order valence-corrected chi connectivity index (χ2v) is 6.27. The Labute approximate surface area is 161 Å². The topological polar surface area (TPSA) is 52.6 Å². The first-order valence-electron chi connectivity index (χ1n) is 10.2. The fraction of sp³-hybridized carbons (Fsp3) is 0.727. The van der Waals surface area contributed by atoms with Crippen LogP contribution in [-0.4, -0.2) is 25.2 Å². The molecule has 4 nitrogen and oxygen atoms in total. The lowest BCUT2D eigenvalue weighted by Gasteiger charge is -2.04. The van der Waals surface area contributed by atoms with Crippen molar-refractivity contribution in [1.82, 2.24) is 0 Å². The van der Waals surface area contributed by atoms with Crippen molar-refractivity contribution in [3.8, 4) is 0 Å². The van der Waals surface area contributed by atoms with Crippen LogP contribution in [0.3, 0.4) is 0 Å². The molecule has 0 radical (unpaired) electrons. The molecule has 0 aromatic carbocycles. The zero-order valence-corrected chi connectivity index (χ0v) is 17.3. The average Bonchev–Trinajstić information content (AvgIpc) is 2.64. The van der Waals surface area contributed by atoms with E-state index in [0.29, 0.717) is 18.8 Å². The summed E-state index contributed by atoms with van der Waals surface area (Å²) in [6.45, 7) is 14.2. The third kappa shape index (κ3) is 20.5. The van der Waals surface area contributed by atoms with Crippen LogP contribution in [0.4, 0.5) is 0 Å². The summed E-state index contributed by atoms with van der Waals surface area (Å²) in [6.07, 6.45) is 13.9. The Bertz CT molecular complexity index is 374. The first-order chi connectivity index (χ1) is 12.5. The molecule has 0 saturated carbocycles. The summed E-state index contributed by atoms with van der Waals surface area (Å²) in [5.41, 5.74) is 0.609. The summed E-state index contributed by atoms with van der Waals surface area (Å²) >= 11 is 0. The predicted molar refractivity (Wildman–Crippen MR) is 109 cm³/mol. The van der Waals surface area contributed by atoms with E-state index in [0.717, 1.165) is 25.7 Å². The van der Waals surface area contributed by atoms with E-state index in [9.17, 15) is 9.59 Å². The molecule has 0 atom stereocenters. The van der Waals surface area contributed by atoms with E-state index in [1.165, 1.54) is 51.0 Å². The number of carbonyl (C=O) groups is 2. The molecular weight excluding hydrogens is 328 g/mol. The summed E-state index contributed by atoms with van der Waals surface area (Å²) < 4.78 is 9.66. The number of esters is 2. The van der Waals surface area contributed by atoms with Crippen molar-refractivity contribution >= 4 is 11.9 Å². The fourth-order valence-corrected chi connectivity index (χ4v) is 2.21. The average molecular weight is 369 g/mol. The van der Waals surface area contributed by atoms with E-state index in [4.69, 9.17) is 9.47 Å². The summed E-state index contributed by atoms with van der Waals surface area (Å²) in [5, 5.41) is 0. The van der Waals surface area contributed by atoms with Gasteiger partial charge in [0.25, 0.3) is 0 Å². The molecule has 26 heavy (non-hydrogen) atoms. The third-order valence-electron chi connectivity index (χ3n) is 3.81. The molecule has 0 unspecified atom stereocenters. The Morgan fingerprint density at radius 3 is 1.88 bits per heavy atom. The number of unbranched alkanes of at least 4 members (excludes halogenated alkanes) is 8. The van der Waals surface area contributed by atoms with Crippen LogP contribution in [0.1, 0.15) is 91.4 Å². The van der Waals surface area contributed by atoms with Gasteiger partial charge >= 0.3 is 11.9 Å². The van der Waals surface area contributed by atoms with E-state index >= 15 is 0 Å². The number of hydrogen-bond acceptors (Lipinski definition) is 4. The van der Waals surface area contributed by atoms with Gasteiger partial charge in [-0.2, -0.15) is 0 Å². The quantitative estimate of drug-likeness (QED) is 0.197. The maximum Gasteiger partial charge on any atom is 0.333 e. The van der Waals surface area contributed by atoms with Gasteiger partial charge in [-0.25, -0.2) is 9.59 Å². The molecule has 0 saturated heterocycles. The van der Waals surface area contributed by atoms with E-state index in [1.54, 1.807) is 0 Å². The smallest absolute Gasteiger partial charge is 0.333 e. The van der Waals surface area contributed by atoms with Gasteiger partial charge in [-0.05, 0) is 26.2 Å². The van der Waals surface area contributed by atoms with Crippen LogP contribution >= 0.6 is 0 Å². The predicted octanol–water partition coefficient (Wildman–Crippen LogP) is 6.15. The molecule has 0 bridgehead atoms. The summed E-state index contributed by atoms with van der Waals surface area (Å²) in [6, 6.07) is 0. The van der Waals surface area contributed by atoms with Gasteiger partial charge in [0.05, 0.1) is 13.2 Å². The highest BCUT2D eigenvalue weighted by Crippen LogP contribution is 2.09. The monoisotopic (exact) mass is 368 g/mol. The van der Waals surface area contributed by atoms with Gasteiger partial charge in [-0.3, -0.25) is 0 Å². The van der Waals surface area contributed by atoms with Crippen LogP contribution in [0.5, 0.6) is 0 Å². The van der Waals surface area contributed by atoms with Crippen molar-refractivity contribution in [2.45, 2.75) is 91.4 Å². The number of ether oxygens (including phenoxy) is 2. The van der Waals surface area contributed by atoms with E-state index in [1.807, 2.05) is 6.92 Å². The zero-order valence-electron chi connectivity index (χ0n) is 17.3. The molecule has 0 aliphatic carbocycles. The van der Waals surface area contributed by atoms with E-state index < -0.39 is 0 Å². The van der Waals surface area contributed by atoms with Crippen LogP contribution < -0.4 is 0 Å². The summed E-state index contributed by atoms with van der Waals surface area (Å²) in [7, 11) is 0. The van der Waals surface area contributed by atoms with Crippen molar-refractivity contribution in [1.29, 1.82) is 0 Å². The van der Waals surface area contributed by atoms with Crippen LogP contribution in [0.2, 0.25) is 0 Å². The number of rotatable bonds is 15. The van der Waals surface area contributed by atoms with E-state index in [-0.39, 0.29) is 11.9 Å². The molecule has 0 aromatic rings. The van der Waals surface area contributed by atoms with Gasteiger partial charge in [0.2, 0.25) is 0 Å². The van der Waals surface area contributed by atoms with Crippen LogP contribution in [0.25, 0.3) is 0 Å². The number of carbonyl (C=O) groups excluding carboxylic acids is 2. The standard InChI is InChI=1S/2C11H20O2/c1-4-6-7-8-9-10(3)11(12)13-5-2;1-3-5-6-7-8-9-10-13-11(12)4-2/h3-9H2,1-2H3;4H,2-3,5-10H2,1H3. The first kappa shape index (κ1) is 26.6. The van der Waals surface area contributed by atoms with Crippen molar-refractivity contribution in [3.05, 3.63) is 24.8 Å². The maximum atomic E-state index is 11.1. The molecule has 0 spiro atoms. The molecule has 0 rings (SSSR count). The summed E-state index contributed by atoms with van der Waals surface area (Å²) in [4.78, 5) is 21.7. The normalized spacial score (nSPS) is 9.65. The SMILES string of the molecule is C=C(CCCCCC)C(=O)OCC.C=CC(=O)OCCCCCCCC. The molecule has 0 aliphatic heterocycles. The molecule has 4 heteroatoms. The van der Waals surface area contributed by atoms with Gasteiger partial charge in [0, 0.05) is 11.6 Å². The molecule has 0 heterocycles. The molecule has 0 fully saturated rings. The van der Waals surface area contributed by atoms with Gasteiger partial charge in [0.1, 0.15) is 0 Å². The highest BCUT2D eigenvalue weighted by molar-refractivity contribution is 5.87. The van der Waals surface area contributed by atoms with Gasteiger partial charge in [-0.15, -0.1) is 0 Å². The Morgan fingerprint density at radius 2 is 1.35 bits per heavy atom. The van der Waals surface area contributed by atoms with Gasteiger partial charge in [-0.1, -0.05) is 78.4 Å². The Balaban J connectivity index is 0. The van der Waals surface area contributed by atoms with Crippen molar-refractivity contribution in [2.24, 2.45) is 0 Å². The van der Waals surface area contributed by atoms with Crippen molar-refractivity contribution < 1.29 is 19.1 Å². The van der Waals surface area contributed by atoms with Gasteiger partial charge in [0.15, 0.2) is 0 Å². The highest BCUT2D eigenvalue weighted by Gasteiger charge is 2.06. The highest BCUT2D eigenvalue weighted by atomic mass is 16.5. The molecular formula is C22H40O4. The zero-order chi connectivity index (χ0) is 20.0. The molecule has 152 valence electrons. The van der Waals surface area contributed by atoms with Gasteiger partial charge < -0.3 is 9.47 Å². The minimum Gasteiger partial charge on any atom is -0.463 e. The van der Waals surface area contributed by atoms with Crippen LogP contribution in [0.15, 0.2) is 24.8 Å². The molecule has 0 amide bonds. The molecule has 0 aliphatic rings. The minimum atomic E-state index is -0.312. The first-order valence-corrected chi connectivity index (χ1v) is 10.2. The second-order valence-electron chi connectivity index (χ2n) is 6.27. The fourth-order valence-electron chi connectivity index (χ4n) is 2.21. The lowest BCUT2D eigenvalue weighted by molar-refractivity contribution is -0.139. The Kier molecular flexibility index (Phi) is 22.0. The molecule has 0 N–H and O–H groups in total.